The molecule has 1 aliphatic heterocycles. The van der Waals surface area contributed by atoms with Crippen molar-refractivity contribution in [1.82, 2.24) is 0 Å². The number of hydrogen-bond donors (Lipinski definition) is 4. The van der Waals surface area contributed by atoms with Crippen LogP contribution in [0.3, 0.4) is 0 Å². The molecule has 1 heterocycles. The van der Waals surface area contributed by atoms with Crippen LogP contribution in [0.4, 0.5) is 0 Å². The lowest BCUT2D eigenvalue weighted by Crippen LogP contribution is -2.60. The first kappa shape index (κ1) is 56.3. The zero-order valence-electron chi connectivity index (χ0n) is 37.2. The zero-order chi connectivity index (χ0) is 45.5. The van der Waals surface area contributed by atoms with E-state index < -0.39 is 71.2 Å². The molecule has 350 valence electrons. The van der Waals surface area contributed by atoms with Crippen LogP contribution in [-0.4, -0.2) is 96.0 Å². The Labute approximate surface area is 372 Å². The molecule has 1 aliphatic rings. The molecule has 0 aliphatic carbocycles. The molecule has 4 N–H and O–H groups in total. The average Bonchev–Trinajstić information content (AvgIpc) is 3.24. The Morgan fingerprint density at radius 2 is 0.968 bits per heavy atom. The van der Waals surface area contributed by atoms with Gasteiger partial charge in [-0.3, -0.25) is 14.1 Å². The summed E-state index contributed by atoms with van der Waals surface area (Å²) in [6.45, 7) is 3.44. The summed E-state index contributed by atoms with van der Waals surface area (Å²) in [6, 6.07) is 0. The van der Waals surface area contributed by atoms with Crippen molar-refractivity contribution in [3.8, 4) is 0 Å². The van der Waals surface area contributed by atoms with Gasteiger partial charge in [-0.25, -0.2) is 0 Å². The summed E-state index contributed by atoms with van der Waals surface area (Å²) in [5, 5.41) is 30.9. The van der Waals surface area contributed by atoms with Gasteiger partial charge in [0.1, 0.15) is 36.8 Å². The highest BCUT2D eigenvalue weighted by atomic mass is 32.2. The second-order valence-electron chi connectivity index (χ2n) is 14.9. The Morgan fingerprint density at radius 3 is 1.44 bits per heavy atom. The van der Waals surface area contributed by atoms with Gasteiger partial charge in [0.2, 0.25) is 0 Å². The molecule has 62 heavy (non-hydrogen) atoms. The molecule has 0 radical (unpaired) electrons. The lowest BCUT2D eigenvalue weighted by atomic mass is 10.00. The minimum atomic E-state index is -4.62. The molecule has 0 aromatic carbocycles. The van der Waals surface area contributed by atoms with Crippen LogP contribution in [0.1, 0.15) is 129 Å². The Morgan fingerprint density at radius 1 is 0.548 bits per heavy atom. The third-order valence-corrected chi connectivity index (χ3v) is 10.1. The molecule has 1 saturated heterocycles. The first-order valence-electron chi connectivity index (χ1n) is 22.4. The number of esters is 2. The number of carbonyl (C=O) groups is 2. The lowest BCUT2D eigenvalue weighted by molar-refractivity contribution is -0.297. The second kappa shape index (κ2) is 37.8. The van der Waals surface area contributed by atoms with E-state index in [2.05, 4.69) is 123 Å². The Bertz CT molecular complexity index is 1560. The molecule has 0 bridgehead atoms. The summed E-state index contributed by atoms with van der Waals surface area (Å²) in [6.07, 6.45) is 42.8. The van der Waals surface area contributed by atoms with E-state index in [4.69, 9.17) is 18.9 Å². The lowest BCUT2D eigenvalue weighted by Gasteiger charge is -2.40. The fourth-order valence-corrected chi connectivity index (χ4v) is 6.62. The molecule has 0 spiro atoms. The maximum atomic E-state index is 12.8. The average molecular weight is 889 g/mol. The fourth-order valence-electron chi connectivity index (χ4n) is 5.93. The summed E-state index contributed by atoms with van der Waals surface area (Å²) in [7, 11) is -4.62. The fraction of sp³-hybridized carbons (Fsp3) is 0.592. The van der Waals surface area contributed by atoms with Gasteiger partial charge in [-0.1, -0.05) is 130 Å². The van der Waals surface area contributed by atoms with E-state index in [0.29, 0.717) is 12.8 Å². The highest BCUT2D eigenvalue weighted by Crippen LogP contribution is 2.24. The van der Waals surface area contributed by atoms with Crippen molar-refractivity contribution in [3.63, 3.8) is 0 Å². The topological polar surface area (TPSA) is 186 Å². The molecule has 6 atom stereocenters. The van der Waals surface area contributed by atoms with Gasteiger partial charge in [-0.05, 0) is 96.3 Å². The number of aliphatic hydroxyl groups excluding tert-OH is 3. The van der Waals surface area contributed by atoms with Crippen LogP contribution >= 0.6 is 0 Å². The summed E-state index contributed by atoms with van der Waals surface area (Å²) in [5.74, 6) is -2.10. The van der Waals surface area contributed by atoms with Crippen molar-refractivity contribution in [2.75, 3.05) is 19.0 Å². The standard InChI is InChI=1S/C49H76O12S/c1-3-5-7-9-11-13-15-17-19-20-21-22-24-26-28-30-32-34-36-38-45(51)60-42(40-59-49-48(54)47(53)46(52)43(61-49)41-62(55,56)57)39-58-44(50)37-35-33-31-29-27-25-23-18-16-14-12-10-8-6-4-2/h5-8,11-14,17-19,21-23,26-29,42-43,46-49,52-54H,3-4,9-10,15-16,20,24-25,30-41H2,1-2H3,(H,55,56,57)/b7-5+,8-6+,13-11+,14-12+,19-17+,22-21+,23-18+,28-26+,29-27+/t42-,43-,46-,47?,48?,49+/m1/s1. The quantitative estimate of drug-likeness (QED) is 0.0205. The molecular formula is C49H76O12S. The van der Waals surface area contributed by atoms with E-state index >= 15 is 0 Å². The van der Waals surface area contributed by atoms with Gasteiger partial charge in [-0.15, -0.1) is 0 Å². The number of rotatable bonds is 35. The van der Waals surface area contributed by atoms with Gasteiger partial charge in [0.15, 0.2) is 12.4 Å². The van der Waals surface area contributed by atoms with Crippen molar-refractivity contribution < 1.29 is 56.8 Å². The number of ether oxygens (including phenoxy) is 4. The van der Waals surface area contributed by atoms with Crippen LogP contribution < -0.4 is 0 Å². The highest BCUT2D eigenvalue weighted by Gasteiger charge is 2.46. The van der Waals surface area contributed by atoms with E-state index in [1.165, 1.54) is 0 Å². The largest absolute Gasteiger partial charge is 0.462 e. The Kier molecular flexibility index (Phi) is 34.4. The maximum Gasteiger partial charge on any atom is 0.306 e. The molecule has 0 aromatic rings. The number of hydrogen-bond acceptors (Lipinski definition) is 11. The van der Waals surface area contributed by atoms with E-state index in [1.54, 1.807) is 0 Å². The van der Waals surface area contributed by atoms with Gasteiger partial charge in [0.25, 0.3) is 10.1 Å². The molecule has 1 rings (SSSR count). The monoisotopic (exact) mass is 889 g/mol. The minimum absolute atomic E-state index is 0.108. The second-order valence-corrected chi connectivity index (χ2v) is 16.4. The number of aliphatic hydroxyl groups is 3. The molecule has 2 unspecified atom stereocenters. The van der Waals surface area contributed by atoms with E-state index in [0.717, 1.165) is 89.9 Å². The summed E-state index contributed by atoms with van der Waals surface area (Å²) < 4.78 is 54.0. The molecule has 1 fully saturated rings. The van der Waals surface area contributed by atoms with Gasteiger partial charge in [0.05, 0.1) is 6.61 Å². The molecule has 12 nitrogen and oxygen atoms in total. The van der Waals surface area contributed by atoms with Gasteiger partial charge < -0.3 is 34.3 Å². The van der Waals surface area contributed by atoms with Crippen LogP contribution in [0.2, 0.25) is 0 Å². The van der Waals surface area contributed by atoms with Gasteiger partial charge >= 0.3 is 11.9 Å². The molecule has 13 heteroatoms. The number of unbranched alkanes of at least 4 members (excludes halogenated alkanes) is 5. The van der Waals surface area contributed by atoms with Crippen LogP contribution in [-0.2, 0) is 38.7 Å². The highest BCUT2D eigenvalue weighted by molar-refractivity contribution is 7.85. The van der Waals surface area contributed by atoms with Crippen molar-refractivity contribution in [2.24, 2.45) is 0 Å². The Balaban J connectivity index is 2.52. The minimum Gasteiger partial charge on any atom is -0.462 e. The Hall–Kier alpha value is -3.69. The smallest absolute Gasteiger partial charge is 0.306 e. The first-order valence-corrected chi connectivity index (χ1v) is 24.1. The van der Waals surface area contributed by atoms with Crippen molar-refractivity contribution in [1.29, 1.82) is 0 Å². The zero-order valence-corrected chi connectivity index (χ0v) is 38.0. The summed E-state index contributed by atoms with van der Waals surface area (Å²) >= 11 is 0. The van der Waals surface area contributed by atoms with Gasteiger partial charge in [-0.2, -0.15) is 8.42 Å². The normalized spacial score (nSPS) is 20.9. The van der Waals surface area contributed by atoms with Crippen LogP contribution in [0.15, 0.2) is 109 Å². The predicted octanol–water partition coefficient (Wildman–Crippen LogP) is 9.22. The van der Waals surface area contributed by atoms with E-state index in [1.807, 2.05) is 0 Å². The van der Waals surface area contributed by atoms with Crippen molar-refractivity contribution in [2.45, 2.75) is 166 Å². The van der Waals surface area contributed by atoms with Crippen LogP contribution in [0.25, 0.3) is 0 Å². The third-order valence-electron chi connectivity index (χ3n) is 9.35. The van der Waals surface area contributed by atoms with Crippen LogP contribution in [0.5, 0.6) is 0 Å². The van der Waals surface area contributed by atoms with Crippen LogP contribution in [0, 0.1) is 0 Å². The predicted molar refractivity (Wildman–Crippen MR) is 247 cm³/mol. The van der Waals surface area contributed by atoms with Crippen molar-refractivity contribution in [3.05, 3.63) is 109 Å². The van der Waals surface area contributed by atoms with E-state index in [9.17, 15) is 37.9 Å². The molecule has 0 saturated carbocycles. The van der Waals surface area contributed by atoms with E-state index in [-0.39, 0.29) is 19.4 Å². The maximum absolute atomic E-state index is 12.8. The SMILES string of the molecule is CC/C=C/C/C=C/C/C=C/C/C=C/C/C=C/CCCCCC(=O)O[C@H](COC(=O)CCCC/C=C/C/C=C/C/C=C/C/C=C/CC)CO[C@H]1O[C@H](CS(=O)(=O)O)[C@@H](O)C(O)C1O. The first-order chi connectivity index (χ1) is 30.0. The third kappa shape index (κ3) is 32.1. The number of carbonyl (C=O) groups excluding carboxylic acids is 2. The molecular weight excluding hydrogens is 813 g/mol. The van der Waals surface area contributed by atoms with Gasteiger partial charge in [0, 0.05) is 12.8 Å². The molecule has 0 aromatic heterocycles. The molecule has 0 amide bonds. The summed E-state index contributed by atoms with van der Waals surface area (Å²) in [4.78, 5) is 25.4. The van der Waals surface area contributed by atoms with Crippen molar-refractivity contribution >= 4 is 22.1 Å². The number of allylic oxidation sites excluding steroid dienone is 18. The summed E-state index contributed by atoms with van der Waals surface area (Å²) in [5.41, 5.74) is 0.